The number of hydrogen-bond acceptors (Lipinski definition) is 1. The lowest BCUT2D eigenvalue weighted by Crippen LogP contribution is -2.00. The molecule has 0 unspecified atom stereocenters. The fraction of sp³-hybridized carbons (Fsp3) is 0. The SMILES string of the molecule is c1ccc2c(-n3c4ccccc4c4ccccc43)ccc(-c3cncc(-c4cc(-n5c6ccccc6c6ccccc65)cc(-n5c6ccccc6c6ccccc65)c4)c3)c2c1. The number of rotatable bonds is 5. The molecule has 4 heterocycles. The van der Waals surface area contributed by atoms with E-state index in [0.29, 0.717) is 0 Å². The molecule has 4 heteroatoms. The zero-order valence-electron chi connectivity index (χ0n) is 33.1. The predicted molar refractivity (Wildman–Crippen MR) is 256 cm³/mol. The molecular weight excluding hydrogens is 741 g/mol. The summed E-state index contributed by atoms with van der Waals surface area (Å²) in [4.78, 5) is 4.96. The molecule has 0 fully saturated rings. The first-order valence-electron chi connectivity index (χ1n) is 20.9. The molecule has 0 spiro atoms. The molecule has 0 saturated carbocycles. The van der Waals surface area contributed by atoms with Gasteiger partial charge in [0.2, 0.25) is 0 Å². The molecule has 4 aromatic heterocycles. The minimum absolute atomic E-state index is 1.05. The minimum atomic E-state index is 1.05. The standard InChI is InChI=1S/C57H36N4/c1-2-16-44-43(15-1)42(29-30-57(44)61-55-27-13-7-21-49(55)50-22-8-14-28-56(50)61)39-31-38(35-58-36-39)37-32-40(59-51-23-9-3-17-45(51)46-18-4-10-24-52(46)59)34-41(33-37)60-53-25-11-5-19-47(53)48-20-6-12-26-54(48)60/h1-36H. The summed E-state index contributed by atoms with van der Waals surface area (Å²) in [6, 6.07) is 75.1. The molecule has 0 amide bonds. The van der Waals surface area contributed by atoms with Gasteiger partial charge in [0.15, 0.2) is 0 Å². The van der Waals surface area contributed by atoms with Crippen LogP contribution in [0.25, 0.3) is 116 Å². The summed E-state index contributed by atoms with van der Waals surface area (Å²) in [5, 5.41) is 9.84. The number of pyridine rings is 1. The summed E-state index contributed by atoms with van der Waals surface area (Å²) in [6.07, 6.45) is 4.02. The first kappa shape index (κ1) is 33.7. The van der Waals surface area contributed by atoms with Gasteiger partial charge in [-0.05, 0) is 83.2 Å². The highest BCUT2D eigenvalue weighted by molar-refractivity contribution is 6.13. The van der Waals surface area contributed by atoms with Crippen molar-refractivity contribution >= 4 is 76.2 Å². The summed E-state index contributed by atoms with van der Waals surface area (Å²) in [5.74, 6) is 0. The van der Waals surface area contributed by atoms with Crippen molar-refractivity contribution in [3.05, 3.63) is 219 Å². The van der Waals surface area contributed by atoms with Crippen LogP contribution in [0.4, 0.5) is 0 Å². The van der Waals surface area contributed by atoms with Crippen LogP contribution in [0.2, 0.25) is 0 Å². The van der Waals surface area contributed by atoms with Crippen molar-refractivity contribution in [3.8, 4) is 39.3 Å². The van der Waals surface area contributed by atoms with E-state index in [2.05, 4.69) is 220 Å². The van der Waals surface area contributed by atoms with Crippen molar-refractivity contribution in [1.82, 2.24) is 18.7 Å². The van der Waals surface area contributed by atoms with Gasteiger partial charge in [-0.15, -0.1) is 0 Å². The smallest absolute Gasteiger partial charge is 0.0541 e. The number of benzene rings is 9. The maximum atomic E-state index is 4.96. The molecular formula is C57H36N4. The molecule has 9 aromatic carbocycles. The van der Waals surface area contributed by atoms with Gasteiger partial charge in [0.25, 0.3) is 0 Å². The van der Waals surface area contributed by atoms with Crippen LogP contribution < -0.4 is 0 Å². The minimum Gasteiger partial charge on any atom is -0.309 e. The van der Waals surface area contributed by atoms with Gasteiger partial charge < -0.3 is 13.7 Å². The monoisotopic (exact) mass is 776 g/mol. The van der Waals surface area contributed by atoms with Gasteiger partial charge in [-0.2, -0.15) is 0 Å². The molecule has 0 radical (unpaired) electrons. The van der Waals surface area contributed by atoms with Gasteiger partial charge in [-0.25, -0.2) is 0 Å². The molecule has 0 aliphatic carbocycles. The third kappa shape index (κ3) is 5.03. The van der Waals surface area contributed by atoms with Crippen molar-refractivity contribution in [2.75, 3.05) is 0 Å². The Bertz CT molecular complexity index is 3610. The third-order valence-electron chi connectivity index (χ3n) is 12.7. The molecule has 0 bridgehead atoms. The molecule has 0 atom stereocenters. The van der Waals surface area contributed by atoms with Gasteiger partial charge in [-0.1, -0.05) is 140 Å². The van der Waals surface area contributed by atoms with Crippen LogP contribution in [-0.2, 0) is 0 Å². The van der Waals surface area contributed by atoms with Crippen molar-refractivity contribution < 1.29 is 0 Å². The van der Waals surface area contributed by atoms with E-state index < -0.39 is 0 Å². The van der Waals surface area contributed by atoms with E-state index in [9.17, 15) is 0 Å². The van der Waals surface area contributed by atoms with E-state index >= 15 is 0 Å². The van der Waals surface area contributed by atoms with Gasteiger partial charge in [0, 0.05) is 72.6 Å². The lowest BCUT2D eigenvalue weighted by Gasteiger charge is -2.17. The van der Waals surface area contributed by atoms with Crippen molar-refractivity contribution in [1.29, 1.82) is 0 Å². The summed E-state index contributed by atoms with van der Waals surface area (Å²) in [7, 11) is 0. The molecule has 61 heavy (non-hydrogen) atoms. The average molecular weight is 777 g/mol. The van der Waals surface area contributed by atoms with E-state index in [0.717, 1.165) is 39.3 Å². The van der Waals surface area contributed by atoms with Crippen LogP contribution in [-0.4, -0.2) is 18.7 Å². The first-order valence-corrected chi connectivity index (χ1v) is 20.9. The maximum absolute atomic E-state index is 4.96. The van der Waals surface area contributed by atoms with Gasteiger partial charge in [0.1, 0.15) is 0 Å². The number of fused-ring (bicyclic) bond motifs is 10. The van der Waals surface area contributed by atoms with E-state index in [4.69, 9.17) is 4.98 Å². The Balaban J connectivity index is 1.04. The quantitative estimate of drug-likeness (QED) is 0.171. The van der Waals surface area contributed by atoms with E-state index in [1.54, 1.807) is 0 Å². The second-order valence-electron chi connectivity index (χ2n) is 16.0. The zero-order chi connectivity index (χ0) is 40.0. The molecule has 0 aliphatic rings. The summed E-state index contributed by atoms with van der Waals surface area (Å²) in [5.41, 5.74) is 14.8. The highest BCUT2D eigenvalue weighted by Gasteiger charge is 2.19. The van der Waals surface area contributed by atoms with Gasteiger partial charge >= 0.3 is 0 Å². The van der Waals surface area contributed by atoms with Crippen molar-refractivity contribution in [2.24, 2.45) is 0 Å². The van der Waals surface area contributed by atoms with Gasteiger partial charge in [0.05, 0.1) is 38.8 Å². The highest BCUT2D eigenvalue weighted by atomic mass is 15.0. The molecule has 284 valence electrons. The normalized spacial score (nSPS) is 11.9. The van der Waals surface area contributed by atoms with Crippen molar-refractivity contribution in [2.45, 2.75) is 0 Å². The summed E-state index contributed by atoms with van der Waals surface area (Å²) < 4.78 is 7.26. The van der Waals surface area contributed by atoms with Crippen LogP contribution in [0.1, 0.15) is 0 Å². The number of hydrogen-bond donors (Lipinski definition) is 0. The molecule has 0 aliphatic heterocycles. The Kier molecular flexibility index (Phi) is 7.27. The first-order chi connectivity index (χ1) is 30.3. The Morgan fingerprint density at radius 2 is 0.623 bits per heavy atom. The summed E-state index contributed by atoms with van der Waals surface area (Å²) >= 11 is 0. The molecule has 4 nitrogen and oxygen atoms in total. The second-order valence-corrected chi connectivity index (χ2v) is 16.0. The molecule has 13 aromatic rings. The van der Waals surface area contributed by atoms with Crippen LogP contribution in [0.15, 0.2) is 219 Å². The topological polar surface area (TPSA) is 27.7 Å². The van der Waals surface area contributed by atoms with Crippen LogP contribution in [0.3, 0.4) is 0 Å². The Hall–Kier alpha value is -8.21. The van der Waals surface area contributed by atoms with Crippen LogP contribution >= 0.6 is 0 Å². The predicted octanol–water partition coefficient (Wildman–Crippen LogP) is 14.9. The summed E-state index contributed by atoms with van der Waals surface area (Å²) in [6.45, 7) is 0. The largest absolute Gasteiger partial charge is 0.309 e. The molecule has 13 rings (SSSR count). The van der Waals surface area contributed by atoms with E-state index in [1.807, 2.05) is 12.4 Å². The lowest BCUT2D eigenvalue weighted by atomic mass is 9.95. The van der Waals surface area contributed by atoms with E-state index in [-0.39, 0.29) is 0 Å². The lowest BCUT2D eigenvalue weighted by molar-refractivity contribution is 1.13. The maximum Gasteiger partial charge on any atom is 0.0541 e. The van der Waals surface area contributed by atoms with Crippen LogP contribution in [0.5, 0.6) is 0 Å². The zero-order valence-corrected chi connectivity index (χ0v) is 33.1. The number of nitrogens with zero attached hydrogens (tertiary/aromatic N) is 4. The van der Waals surface area contributed by atoms with Crippen molar-refractivity contribution in [3.63, 3.8) is 0 Å². The molecule has 0 N–H and O–H groups in total. The molecule has 0 saturated heterocycles. The Morgan fingerprint density at radius 1 is 0.262 bits per heavy atom. The average Bonchev–Trinajstić information content (AvgIpc) is 3.97. The fourth-order valence-electron chi connectivity index (χ4n) is 10.1. The Morgan fingerprint density at radius 3 is 1.07 bits per heavy atom. The number of para-hydroxylation sites is 6. The second kappa shape index (κ2) is 13.2. The Labute approximate surface area is 351 Å². The number of aromatic nitrogens is 4. The third-order valence-corrected chi connectivity index (χ3v) is 12.7. The van der Waals surface area contributed by atoms with Crippen LogP contribution in [0, 0.1) is 0 Å². The van der Waals surface area contributed by atoms with E-state index in [1.165, 1.54) is 76.2 Å². The highest BCUT2D eigenvalue weighted by Crippen LogP contribution is 2.41. The van der Waals surface area contributed by atoms with Gasteiger partial charge in [-0.3, -0.25) is 4.98 Å². The fourth-order valence-corrected chi connectivity index (χ4v) is 10.1.